The van der Waals surface area contributed by atoms with Crippen LogP contribution in [0, 0.1) is 24.0 Å². The van der Waals surface area contributed by atoms with E-state index in [1.165, 1.54) is 48.1 Å². The first-order valence-corrected chi connectivity index (χ1v) is 15.0. The zero-order valence-electron chi connectivity index (χ0n) is 24.6. The Morgan fingerprint density at radius 3 is 2.70 bits per heavy atom. The Bertz CT molecular complexity index is 1500. The number of halogens is 4. The maximum atomic E-state index is 15.6. The lowest BCUT2D eigenvalue weighted by atomic mass is 9.89. The molecule has 10 nitrogen and oxygen atoms in total. The smallest absolute Gasteiger partial charge is 0.338 e. The van der Waals surface area contributed by atoms with Crippen LogP contribution in [0.25, 0.3) is 0 Å². The third-order valence-corrected chi connectivity index (χ3v) is 9.01. The van der Waals surface area contributed by atoms with E-state index in [-0.39, 0.29) is 61.0 Å². The number of benzene rings is 1. The zero-order chi connectivity index (χ0) is 32.0. The Morgan fingerprint density at radius 2 is 2.05 bits per heavy atom. The van der Waals surface area contributed by atoms with E-state index in [0.29, 0.717) is 5.01 Å². The molecule has 5 rings (SSSR count). The lowest BCUT2D eigenvalue weighted by Crippen LogP contribution is -2.46. The van der Waals surface area contributed by atoms with Crippen LogP contribution in [0.15, 0.2) is 40.0 Å². The summed E-state index contributed by atoms with van der Waals surface area (Å²) in [4.78, 5) is 41.1. The molecule has 0 saturated carbocycles. The van der Waals surface area contributed by atoms with Gasteiger partial charge in [-0.25, -0.2) is 27.3 Å². The van der Waals surface area contributed by atoms with Gasteiger partial charge < -0.3 is 15.2 Å². The number of aliphatic carboxylic acids is 1. The van der Waals surface area contributed by atoms with Gasteiger partial charge in [0.2, 0.25) is 0 Å². The molecule has 2 aromatic rings. The number of rotatable bonds is 10. The highest BCUT2D eigenvalue weighted by atomic mass is 32.1. The van der Waals surface area contributed by atoms with E-state index in [1.807, 2.05) is 0 Å². The summed E-state index contributed by atoms with van der Waals surface area (Å²) in [6.07, 6.45) is 1.64. The van der Waals surface area contributed by atoms with Gasteiger partial charge in [0.1, 0.15) is 12.1 Å². The van der Waals surface area contributed by atoms with E-state index in [0.717, 1.165) is 6.07 Å². The van der Waals surface area contributed by atoms with Crippen LogP contribution in [0.3, 0.4) is 0 Å². The lowest BCUT2D eigenvalue weighted by Gasteiger charge is -2.31. The van der Waals surface area contributed by atoms with E-state index in [2.05, 4.69) is 15.3 Å². The number of aromatic nitrogens is 1. The minimum atomic E-state index is -3.23. The number of carboxylic acids is 1. The van der Waals surface area contributed by atoms with Crippen molar-refractivity contribution in [3.63, 3.8) is 0 Å². The summed E-state index contributed by atoms with van der Waals surface area (Å²) in [7, 11) is 0. The molecule has 2 fully saturated rings. The average molecular weight is 640 g/mol. The largest absolute Gasteiger partial charge is 0.481 e. The van der Waals surface area contributed by atoms with Crippen LogP contribution in [-0.2, 0) is 19.2 Å². The topological polar surface area (TPSA) is 117 Å². The number of carbonyl (C=O) groups excluding carboxylic acids is 1. The Kier molecular flexibility index (Phi) is 8.86. The van der Waals surface area contributed by atoms with Crippen molar-refractivity contribution in [1.82, 2.24) is 20.3 Å². The first-order valence-electron chi connectivity index (χ1n) is 14.1. The third kappa shape index (κ3) is 5.97. The number of hydrogen-bond donors (Lipinski definition) is 2. The molecule has 3 unspecified atom stereocenters. The van der Waals surface area contributed by atoms with E-state index >= 15 is 8.78 Å². The number of carboxylic acid groups (broad SMARTS) is 1. The molecule has 3 atom stereocenters. The van der Waals surface area contributed by atoms with Crippen LogP contribution >= 0.6 is 11.3 Å². The molecule has 0 spiro atoms. The fraction of sp³-hybridized carbons (Fsp3) is 0.517. The van der Waals surface area contributed by atoms with E-state index < -0.39 is 59.6 Å². The molecule has 0 radical (unpaired) electrons. The van der Waals surface area contributed by atoms with Gasteiger partial charge in [-0.05, 0) is 51.3 Å². The van der Waals surface area contributed by atoms with Gasteiger partial charge in [-0.3, -0.25) is 19.5 Å². The van der Waals surface area contributed by atoms with Gasteiger partial charge in [-0.1, -0.05) is 6.07 Å². The number of esters is 1. The molecule has 0 amide bonds. The highest BCUT2D eigenvalue weighted by Crippen LogP contribution is 2.42. The monoisotopic (exact) mass is 639 g/mol. The molecule has 2 N–H and O–H groups in total. The Hall–Kier alpha value is -3.40. The Morgan fingerprint density at radius 1 is 1.30 bits per heavy atom. The molecule has 2 saturated heterocycles. The van der Waals surface area contributed by atoms with Crippen molar-refractivity contribution >= 4 is 29.1 Å². The Balaban J connectivity index is 1.52. The second-order valence-electron chi connectivity index (χ2n) is 11.6. The molecule has 0 bridgehead atoms. The number of hydrogen-bond acceptors (Lipinski definition) is 10. The molecule has 15 heteroatoms. The predicted octanol–water partition coefficient (Wildman–Crippen LogP) is 4.07. The van der Waals surface area contributed by atoms with Gasteiger partial charge in [-0.15, -0.1) is 11.3 Å². The molecular weight excluding hydrogens is 606 g/mol. The van der Waals surface area contributed by atoms with Gasteiger partial charge in [0.15, 0.2) is 22.5 Å². The number of nitrogens with zero attached hydrogens (tertiary/aromatic N) is 4. The van der Waals surface area contributed by atoms with Crippen LogP contribution in [-0.4, -0.2) is 88.7 Å². The fourth-order valence-corrected chi connectivity index (χ4v) is 6.29. The maximum absolute atomic E-state index is 15.6. The highest BCUT2D eigenvalue weighted by Gasteiger charge is 2.61. The molecule has 44 heavy (non-hydrogen) atoms. The summed E-state index contributed by atoms with van der Waals surface area (Å²) in [5, 5.41) is 15.9. The number of amidine groups is 1. The summed E-state index contributed by atoms with van der Waals surface area (Å²) in [6, 6.07) is -0.999. The van der Waals surface area contributed by atoms with Crippen molar-refractivity contribution in [2.24, 2.45) is 10.4 Å². The molecule has 3 aliphatic rings. The van der Waals surface area contributed by atoms with Gasteiger partial charge in [-0.2, -0.15) is 5.06 Å². The predicted molar refractivity (Wildman–Crippen MR) is 152 cm³/mol. The van der Waals surface area contributed by atoms with Crippen LogP contribution in [0.1, 0.15) is 49.4 Å². The highest BCUT2D eigenvalue weighted by molar-refractivity contribution is 7.11. The fourth-order valence-electron chi connectivity index (χ4n) is 5.70. The second kappa shape index (κ2) is 12.2. The number of nitrogens with one attached hydrogen (secondary N) is 1. The van der Waals surface area contributed by atoms with Gasteiger partial charge in [0.05, 0.1) is 36.8 Å². The van der Waals surface area contributed by atoms with Crippen LogP contribution in [0.4, 0.5) is 17.6 Å². The molecule has 4 heterocycles. The van der Waals surface area contributed by atoms with Gasteiger partial charge >= 0.3 is 11.9 Å². The summed E-state index contributed by atoms with van der Waals surface area (Å²) < 4.78 is 65.3. The summed E-state index contributed by atoms with van der Waals surface area (Å²) in [6.45, 7) is 5.10. The number of aliphatic imine (C=N–C) groups is 1. The van der Waals surface area contributed by atoms with Crippen molar-refractivity contribution in [3.05, 3.63) is 62.7 Å². The van der Waals surface area contributed by atoms with Crippen LogP contribution in [0.5, 0.6) is 0 Å². The van der Waals surface area contributed by atoms with Crippen molar-refractivity contribution in [1.29, 1.82) is 0 Å². The number of carbonyl (C=O) groups is 2. The van der Waals surface area contributed by atoms with Crippen LogP contribution in [0.2, 0.25) is 0 Å². The van der Waals surface area contributed by atoms with Crippen LogP contribution < -0.4 is 5.32 Å². The first kappa shape index (κ1) is 32.0. The average Bonchev–Trinajstić information content (AvgIpc) is 3.70. The Labute approximate surface area is 255 Å². The normalized spacial score (nSPS) is 23.8. The molecular formula is C29H33F4N5O5S. The van der Waals surface area contributed by atoms with Crippen molar-refractivity contribution in [3.8, 4) is 0 Å². The molecule has 238 valence electrons. The summed E-state index contributed by atoms with van der Waals surface area (Å²) >= 11 is 1.25. The number of thiazole rings is 1. The number of fused-ring (bicyclic) bond motifs is 1. The van der Waals surface area contributed by atoms with E-state index in [4.69, 9.17) is 9.57 Å². The van der Waals surface area contributed by atoms with E-state index in [1.54, 1.807) is 18.5 Å². The standard InChI is InChI=1S/C29H33F4N5O5S/c1-5-42-26(39)20-18(12-37-14-29(32,33)23-19(37)13-43-38(23)10-8-28(3,4)27(40)41)35-24(25-34-9-11-44-25)36-22(20)16-6-7-17(30)21(31)15(16)2/h6-7,9,11,19,22-23H,5,8,10,12-14H2,1-4H3,(H,35,36)(H,40,41). The van der Waals surface area contributed by atoms with Crippen molar-refractivity contribution in [2.75, 3.05) is 32.8 Å². The first-order chi connectivity index (χ1) is 20.7. The number of hydroxylamine groups is 2. The van der Waals surface area contributed by atoms with Crippen molar-refractivity contribution < 1.29 is 41.8 Å². The number of likely N-dealkylation sites (tertiary alicyclic amines) is 1. The lowest BCUT2D eigenvalue weighted by molar-refractivity contribution is -0.186. The van der Waals surface area contributed by atoms with Gasteiger partial charge in [0.25, 0.3) is 5.92 Å². The molecule has 1 aromatic carbocycles. The number of alkyl halides is 2. The number of ether oxygens (including phenoxy) is 1. The van der Waals surface area contributed by atoms with E-state index in [9.17, 15) is 23.5 Å². The van der Waals surface area contributed by atoms with Gasteiger partial charge in [0, 0.05) is 30.4 Å². The minimum Gasteiger partial charge on any atom is -0.481 e. The molecule has 1 aromatic heterocycles. The minimum absolute atomic E-state index is 0.00409. The molecule has 3 aliphatic heterocycles. The molecule has 0 aliphatic carbocycles. The van der Waals surface area contributed by atoms with Crippen molar-refractivity contribution in [2.45, 2.75) is 58.2 Å². The summed E-state index contributed by atoms with van der Waals surface area (Å²) in [5.41, 5.74) is -0.802. The maximum Gasteiger partial charge on any atom is 0.338 e. The zero-order valence-corrected chi connectivity index (χ0v) is 25.4. The third-order valence-electron chi connectivity index (χ3n) is 8.23. The summed E-state index contributed by atoms with van der Waals surface area (Å²) in [5.74, 6) is -6.97. The quantitative estimate of drug-likeness (QED) is 0.293. The SMILES string of the molecule is CCOC(=O)C1=C(CN2CC(F)(F)C3C2CON3CCC(C)(C)C(=O)O)NC(c2nccs2)=NC1c1ccc(F)c(F)c1C. The second-order valence-corrected chi connectivity index (χ2v) is 12.5.